The van der Waals surface area contributed by atoms with Gasteiger partial charge in [0.15, 0.2) is 11.4 Å². The summed E-state index contributed by atoms with van der Waals surface area (Å²) in [5.74, 6) is -1.49. The van der Waals surface area contributed by atoms with Crippen LogP contribution in [0.2, 0.25) is 10.0 Å². The van der Waals surface area contributed by atoms with Crippen molar-refractivity contribution in [3.05, 3.63) is 116 Å². The summed E-state index contributed by atoms with van der Waals surface area (Å²) in [7, 11) is -9.22. The normalized spacial score (nSPS) is 13.9. The van der Waals surface area contributed by atoms with E-state index in [9.17, 15) is 46.4 Å². The molecule has 22 heteroatoms. The molecule has 72 heavy (non-hydrogen) atoms. The minimum absolute atomic E-state index is 0.0284. The van der Waals surface area contributed by atoms with Crippen molar-refractivity contribution in [3.63, 3.8) is 0 Å². The van der Waals surface area contributed by atoms with Gasteiger partial charge in [-0.2, -0.15) is 36.4 Å². The Hall–Kier alpha value is -5.58. The van der Waals surface area contributed by atoms with Crippen molar-refractivity contribution in [1.82, 2.24) is 19.6 Å². The molecule has 0 saturated heterocycles. The highest BCUT2D eigenvalue weighted by Gasteiger charge is 2.30. The summed E-state index contributed by atoms with van der Waals surface area (Å²) in [5.41, 5.74) is 3.70. The molecule has 0 radical (unpaired) electrons. The zero-order valence-corrected chi connectivity index (χ0v) is 44.2. The summed E-state index contributed by atoms with van der Waals surface area (Å²) in [6.07, 6.45) is 2.23. The van der Waals surface area contributed by atoms with Gasteiger partial charge in [0.1, 0.15) is 0 Å². The summed E-state index contributed by atoms with van der Waals surface area (Å²) in [6.45, 7) is 15.3. The van der Waals surface area contributed by atoms with Crippen molar-refractivity contribution in [1.29, 1.82) is 0 Å². The van der Waals surface area contributed by atoms with Crippen LogP contribution in [0.4, 0.5) is 22.7 Å². The summed E-state index contributed by atoms with van der Waals surface area (Å²) in [6, 6.07) is 18.1. The van der Waals surface area contributed by atoms with E-state index in [0.29, 0.717) is 48.2 Å². The SMILES string of the molecule is CCC(CC)C(O)c1cc(C(c2ccc(/N=N/c3c(C)nn(-c4cc(S(=O)(=O)O)ccc4Cl)c3O)c(C(O)C(CC)CC)c2)C(CC)CC)ccc1/N=N/c1c(C)nn(-c2cc(S(=O)(=O)O)ccc2Cl)c1O. The minimum atomic E-state index is -4.61. The van der Waals surface area contributed by atoms with Gasteiger partial charge in [-0.05, 0) is 91.3 Å². The third kappa shape index (κ3) is 11.8. The number of hydrogen-bond donors (Lipinski definition) is 6. The van der Waals surface area contributed by atoms with E-state index in [1.165, 1.54) is 12.1 Å². The average molecular weight is 1070 g/mol. The first-order valence-corrected chi connectivity index (χ1v) is 27.3. The second kappa shape index (κ2) is 23.1. The van der Waals surface area contributed by atoms with Crippen LogP contribution in [0, 0.1) is 31.6 Å². The molecule has 2 atom stereocenters. The molecular formula is C50H60Cl2N8O10S2. The summed E-state index contributed by atoms with van der Waals surface area (Å²) in [5, 5.41) is 73.5. The quantitative estimate of drug-likeness (QED) is 0.0290. The van der Waals surface area contributed by atoms with Gasteiger partial charge in [0.05, 0.1) is 66.2 Å². The number of aromatic nitrogens is 4. The van der Waals surface area contributed by atoms with Crippen LogP contribution in [0.25, 0.3) is 11.4 Å². The lowest BCUT2D eigenvalue weighted by atomic mass is 9.76. The summed E-state index contributed by atoms with van der Waals surface area (Å²) >= 11 is 12.8. The zero-order chi connectivity index (χ0) is 53.0. The number of aliphatic hydroxyl groups is 2. The van der Waals surface area contributed by atoms with Crippen LogP contribution >= 0.6 is 23.2 Å². The second-order valence-corrected chi connectivity index (χ2v) is 21.3. The Morgan fingerprint density at radius 1 is 0.528 bits per heavy atom. The van der Waals surface area contributed by atoms with E-state index < -0.39 is 54.0 Å². The number of aliphatic hydroxyl groups excluding tert-OH is 2. The average Bonchev–Trinajstić information content (AvgIpc) is 3.79. The molecule has 18 nitrogen and oxygen atoms in total. The van der Waals surface area contributed by atoms with Gasteiger partial charge in [-0.3, -0.25) is 9.11 Å². The van der Waals surface area contributed by atoms with Gasteiger partial charge in [0, 0.05) is 17.0 Å². The second-order valence-electron chi connectivity index (χ2n) is 17.6. The Bertz CT molecular complexity index is 3010. The monoisotopic (exact) mass is 1070 g/mol. The maximum atomic E-state index is 12.1. The van der Waals surface area contributed by atoms with Crippen LogP contribution in [0.15, 0.2) is 103 Å². The van der Waals surface area contributed by atoms with Gasteiger partial charge in [-0.25, -0.2) is 0 Å². The van der Waals surface area contributed by atoms with Crippen molar-refractivity contribution in [2.75, 3.05) is 0 Å². The standard InChI is InChI=1S/C50H60Cl2N8O10S2/c1-9-29(10-2)44(32-15-21-40(36(23-32)47(61)30(11-3)12-4)53-55-45-27(7)57-59(49(45)63)42-25-34(71(65,66)67)17-19-38(42)51)33-16-22-41(37(24-33)48(62)31(13-5)14-6)54-56-46-28(8)58-60(50(46)64)43-26-35(72(68,69)70)18-20-39(43)52/h15-26,29-31,44,47-48,61-64H,9-14H2,1-8H3,(H,65,66,67)(H,68,69,70)/b55-53+,56-54+. The molecule has 6 N–H and O–H groups in total. The largest absolute Gasteiger partial charge is 0.492 e. The number of hydrogen-bond acceptors (Lipinski definition) is 14. The Morgan fingerprint density at radius 2 is 0.875 bits per heavy atom. The molecule has 0 fully saturated rings. The molecule has 0 aliphatic heterocycles. The third-order valence-corrected chi connectivity index (χ3v) is 15.7. The topological polar surface area (TPSA) is 275 Å². The van der Waals surface area contributed by atoms with Crippen LogP contribution in [-0.2, 0) is 20.2 Å². The molecule has 2 aromatic heterocycles. The van der Waals surface area contributed by atoms with E-state index in [4.69, 9.17) is 23.2 Å². The molecule has 0 bridgehead atoms. The molecule has 6 aromatic rings. The number of aryl methyl sites for hydroxylation is 2. The molecule has 0 spiro atoms. The van der Waals surface area contributed by atoms with E-state index in [0.717, 1.165) is 57.6 Å². The first kappa shape index (κ1) is 55.7. The number of benzene rings is 4. The molecule has 386 valence electrons. The Kier molecular flexibility index (Phi) is 17.9. The van der Waals surface area contributed by atoms with Crippen LogP contribution in [0.1, 0.15) is 132 Å². The van der Waals surface area contributed by atoms with Gasteiger partial charge < -0.3 is 20.4 Å². The smallest absolute Gasteiger partial charge is 0.294 e. The fourth-order valence-electron chi connectivity index (χ4n) is 9.09. The van der Waals surface area contributed by atoms with Crippen LogP contribution in [-0.4, -0.2) is 65.9 Å². The van der Waals surface area contributed by atoms with Gasteiger partial charge >= 0.3 is 0 Å². The lowest BCUT2D eigenvalue weighted by Crippen LogP contribution is -2.17. The fraction of sp³-hybridized carbons (Fsp3) is 0.400. The molecule has 4 aromatic carbocycles. The summed E-state index contributed by atoms with van der Waals surface area (Å²) in [4.78, 5) is -0.916. The van der Waals surface area contributed by atoms with E-state index in [2.05, 4.69) is 44.5 Å². The lowest BCUT2D eigenvalue weighted by Gasteiger charge is -2.30. The number of halogens is 2. The predicted molar refractivity (Wildman–Crippen MR) is 275 cm³/mol. The summed E-state index contributed by atoms with van der Waals surface area (Å²) < 4.78 is 69.0. The molecule has 0 saturated carbocycles. The number of aromatic hydroxyl groups is 2. The highest BCUT2D eigenvalue weighted by molar-refractivity contribution is 7.86. The van der Waals surface area contributed by atoms with Crippen molar-refractivity contribution in [2.24, 2.45) is 38.2 Å². The molecular weight excluding hydrogens is 1010 g/mol. The highest BCUT2D eigenvalue weighted by Crippen LogP contribution is 2.45. The van der Waals surface area contributed by atoms with Crippen molar-refractivity contribution in [3.8, 4) is 23.1 Å². The van der Waals surface area contributed by atoms with Gasteiger partial charge in [0.2, 0.25) is 11.8 Å². The first-order chi connectivity index (χ1) is 34.0. The minimum Gasteiger partial charge on any atom is -0.492 e. The first-order valence-electron chi connectivity index (χ1n) is 23.6. The van der Waals surface area contributed by atoms with Crippen LogP contribution in [0.5, 0.6) is 11.8 Å². The van der Waals surface area contributed by atoms with E-state index >= 15 is 0 Å². The number of nitrogens with zero attached hydrogens (tertiary/aromatic N) is 8. The maximum absolute atomic E-state index is 12.1. The van der Waals surface area contributed by atoms with Crippen molar-refractivity contribution in [2.45, 2.75) is 122 Å². The maximum Gasteiger partial charge on any atom is 0.294 e. The van der Waals surface area contributed by atoms with Gasteiger partial charge in [0.25, 0.3) is 20.2 Å². The van der Waals surface area contributed by atoms with E-state index in [1.807, 2.05) is 52.0 Å². The fourth-order valence-corrected chi connectivity index (χ4v) is 10.5. The Labute approximate surface area is 429 Å². The van der Waals surface area contributed by atoms with Gasteiger partial charge in [-0.1, -0.05) is 128 Å². The zero-order valence-electron chi connectivity index (χ0n) is 41.1. The Morgan fingerprint density at radius 3 is 1.19 bits per heavy atom. The molecule has 6 rings (SSSR count). The molecule has 2 heterocycles. The molecule has 0 amide bonds. The molecule has 0 aliphatic carbocycles. The Balaban J connectivity index is 1.47. The predicted octanol–water partition coefficient (Wildman–Crippen LogP) is 13.2. The van der Waals surface area contributed by atoms with E-state index in [-0.39, 0.29) is 67.9 Å². The third-order valence-electron chi connectivity index (χ3n) is 13.4. The van der Waals surface area contributed by atoms with Crippen molar-refractivity contribution >= 4 is 66.2 Å². The van der Waals surface area contributed by atoms with Crippen LogP contribution < -0.4 is 0 Å². The molecule has 2 unspecified atom stereocenters. The van der Waals surface area contributed by atoms with Crippen LogP contribution in [0.3, 0.4) is 0 Å². The van der Waals surface area contributed by atoms with E-state index in [1.54, 1.807) is 26.0 Å². The molecule has 0 aliphatic rings. The highest BCUT2D eigenvalue weighted by atomic mass is 35.5. The van der Waals surface area contributed by atoms with Gasteiger partial charge in [-0.15, -0.1) is 20.5 Å². The lowest BCUT2D eigenvalue weighted by molar-refractivity contribution is 0.103. The number of rotatable bonds is 21. The van der Waals surface area contributed by atoms with Crippen molar-refractivity contribution < 1.29 is 46.4 Å². The number of azo groups is 2.